The highest BCUT2D eigenvalue weighted by molar-refractivity contribution is 5.71. The zero-order valence-electron chi connectivity index (χ0n) is 18.3. The summed E-state index contributed by atoms with van der Waals surface area (Å²) in [7, 11) is 0. The molecule has 9 nitrogen and oxygen atoms in total. The van der Waals surface area contributed by atoms with E-state index in [0.717, 1.165) is 11.1 Å². The Morgan fingerprint density at radius 1 is 1.11 bits per heavy atom. The monoisotopic (exact) mass is 465 g/mol. The standard InChI is InChI=1S/C26H19N5O4/c27-14-21-22(18-7-4-8-19(13-18)31(32)33)23-24(29-30-26(23)35-25(21)28)17-9-11-20(12-10-17)34-15-16-5-2-1-3-6-16/h1-13,22H,15,28H2,(H,29,30). The lowest BCUT2D eigenvalue weighted by atomic mass is 9.83. The largest absolute Gasteiger partial charge is 0.489 e. The van der Waals surface area contributed by atoms with Crippen LogP contribution in [-0.4, -0.2) is 15.1 Å². The molecule has 1 aromatic heterocycles. The molecular weight excluding hydrogens is 446 g/mol. The number of allylic oxidation sites excluding steroid dienone is 1. The predicted octanol–water partition coefficient (Wildman–Crippen LogP) is 4.78. The van der Waals surface area contributed by atoms with E-state index in [1.165, 1.54) is 12.1 Å². The molecule has 4 aromatic rings. The minimum absolute atomic E-state index is 0.0841. The molecule has 172 valence electrons. The third-order valence-corrected chi connectivity index (χ3v) is 5.74. The van der Waals surface area contributed by atoms with Crippen LogP contribution in [0.1, 0.15) is 22.6 Å². The SMILES string of the molecule is N#CC1=C(N)Oc2n[nH]c(-c3ccc(OCc4ccccc4)cc3)c2C1c1cccc([N+](=O)[O-])c1. The van der Waals surface area contributed by atoms with E-state index in [1.54, 1.807) is 12.1 Å². The molecule has 1 aliphatic heterocycles. The number of aromatic amines is 1. The van der Waals surface area contributed by atoms with Crippen molar-refractivity contribution in [3.8, 4) is 29.0 Å². The number of hydrogen-bond donors (Lipinski definition) is 2. The fraction of sp³-hybridized carbons (Fsp3) is 0.0769. The number of nitrogens with one attached hydrogen (secondary N) is 1. The first-order chi connectivity index (χ1) is 17.0. The summed E-state index contributed by atoms with van der Waals surface area (Å²) >= 11 is 0. The number of fused-ring (bicyclic) bond motifs is 1. The smallest absolute Gasteiger partial charge is 0.269 e. The van der Waals surface area contributed by atoms with Crippen LogP contribution in [0.15, 0.2) is 90.3 Å². The van der Waals surface area contributed by atoms with Gasteiger partial charge < -0.3 is 15.2 Å². The fourth-order valence-electron chi connectivity index (χ4n) is 4.08. The summed E-state index contributed by atoms with van der Waals surface area (Å²) in [6.07, 6.45) is 0. The summed E-state index contributed by atoms with van der Waals surface area (Å²) in [4.78, 5) is 10.9. The fourth-order valence-corrected chi connectivity index (χ4v) is 4.08. The van der Waals surface area contributed by atoms with E-state index in [4.69, 9.17) is 15.2 Å². The molecule has 0 fully saturated rings. The average Bonchev–Trinajstić information content (AvgIpc) is 3.30. The molecule has 0 aliphatic carbocycles. The van der Waals surface area contributed by atoms with E-state index in [1.807, 2.05) is 54.6 Å². The molecule has 3 aromatic carbocycles. The molecule has 1 atom stereocenters. The highest BCUT2D eigenvalue weighted by Gasteiger charge is 2.36. The van der Waals surface area contributed by atoms with Crippen molar-refractivity contribution in [1.82, 2.24) is 10.2 Å². The molecule has 35 heavy (non-hydrogen) atoms. The normalized spacial score (nSPS) is 14.5. The summed E-state index contributed by atoms with van der Waals surface area (Å²) < 4.78 is 11.5. The second-order valence-corrected chi connectivity index (χ2v) is 7.89. The molecule has 0 amide bonds. The second kappa shape index (κ2) is 9.03. The van der Waals surface area contributed by atoms with Crippen LogP contribution in [0.4, 0.5) is 5.69 Å². The number of nitrogens with two attached hydrogens (primary N) is 1. The summed E-state index contributed by atoms with van der Waals surface area (Å²) in [6.45, 7) is 0.442. The number of H-pyrrole nitrogens is 1. The topological polar surface area (TPSA) is 140 Å². The number of benzene rings is 3. The number of aromatic nitrogens is 2. The van der Waals surface area contributed by atoms with Crippen molar-refractivity contribution in [3.63, 3.8) is 0 Å². The van der Waals surface area contributed by atoms with Gasteiger partial charge in [0.1, 0.15) is 24.0 Å². The van der Waals surface area contributed by atoms with Crippen molar-refractivity contribution in [2.45, 2.75) is 12.5 Å². The van der Waals surface area contributed by atoms with Gasteiger partial charge in [-0.25, -0.2) is 0 Å². The molecule has 0 saturated heterocycles. The number of ether oxygens (including phenoxy) is 2. The first-order valence-electron chi connectivity index (χ1n) is 10.7. The maximum atomic E-state index is 11.4. The third-order valence-electron chi connectivity index (χ3n) is 5.74. The van der Waals surface area contributed by atoms with Crippen LogP contribution in [0.25, 0.3) is 11.3 Å². The van der Waals surface area contributed by atoms with E-state index in [2.05, 4.69) is 16.3 Å². The van der Waals surface area contributed by atoms with E-state index >= 15 is 0 Å². The highest BCUT2D eigenvalue weighted by atomic mass is 16.6. The van der Waals surface area contributed by atoms with Crippen molar-refractivity contribution in [2.24, 2.45) is 5.73 Å². The zero-order valence-corrected chi connectivity index (χ0v) is 18.3. The molecule has 1 unspecified atom stereocenters. The van der Waals surface area contributed by atoms with E-state index in [-0.39, 0.29) is 23.0 Å². The van der Waals surface area contributed by atoms with E-state index in [9.17, 15) is 15.4 Å². The van der Waals surface area contributed by atoms with Crippen molar-refractivity contribution < 1.29 is 14.4 Å². The molecule has 1 aliphatic rings. The van der Waals surface area contributed by atoms with Crippen LogP contribution >= 0.6 is 0 Å². The molecule has 0 bridgehead atoms. The maximum absolute atomic E-state index is 11.4. The van der Waals surface area contributed by atoms with Gasteiger partial charge in [-0.1, -0.05) is 42.5 Å². The lowest BCUT2D eigenvalue weighted by Crippen LogP contribution is -2.21. The highest BCUT2D eigenvalue weighted by Crippen LogP contribution is 2.46. The van der Waals surface area contributed by atoms with E-state index < -0.39 is 10.8 Å². The summed E-state index contributed by atoms with van der Waals surface area (Å²) in [5.74, 6) is 0.141. The number of nitro benzene ring substituents is 1. The van der Waals surface area contributed by atoms with Crippen molar-refractivity contribution in [3.05, 3.63) is 117 Å². The minimum atomic E-state index is -0.689. The molecule has 9 heteroatoms. The minimum Gasteiger partial charge on any atom is -0.489 e. The van der Waals surface area contributed by atoms with Crippen LogP contribution in [0.2, 0.25) is 0 Å². The number of hydrogen-bond acceptors (Lipinski definition) is 7. The number of nitro groups is 1. The van der Waals surface area contributed by atoms with E-state index in [0.29, 0.717) is 29.2 Å². The Kier molecular flexibility index (Phi) is 5.61. The van der Waals surface area contributed by atoms with Crippen LogP contribution in [-0.2, 0) is 6.61 Å². The summed E-state index contributed by atoms with van der Waals surface area (Å²) in [5, 5.41) is 28.4. The lowest BCUT2D eigenvalue weighted by Gasteiger charge is -2.24. The van der Waals surface area contributed by atoms with Gasteiger partial charge in [-0.05, 0) is 35.4 Å². The van der Waals surface area contributed by atoms with Crippen molar-refractivity contribution in [2.75, 3.05) is 0 Å². The summed E-state index contributed by atoms with van der Waals surface area (Å²) in [6, 6.07) is 25.5. The Morgan fingerprint density at radius 3 is 2.60 bits per heavy atom. The first-order valence-corrected chi connectivity index (χ1v) is 10.7. The van der Waals surface area contributed by atoms with Gasteiger partial charge in [0.15, 0.2) is 0 Å². The molecule has 2 heterocycles. The zero-order chi connectivity index (χ0) is 24.4. The molecule has 3 N–H and O–H groups in total. The van der Waals surface area contributed by atoms with Gasteiger partial charge in [-0.15, -0.1) is 5.10 Å². The Morgan fingerprint density at radius 2 is 1.89 bits per heavy atom. The average molecular weight is 465 g/mol. The van der Waals surface area contributed by atoms with Gasteiger partial charge in [-0.3, -0.25) is 15.2 Å². The van der Waals surface area contributed by atoms with Crippen LogP contribution < -0.4 is 15.2 Å². The number of nitriles is 1. The van der Waals surface area contributed by atoms with Gasteiger partial charge in [0.05, 0.1) is 22.1 Å². The number of nitrogens with zero attached hydrogens (tertiary/aromatic N) is 3. The predicted molar refractivity (Wildman–Crippen MR) is 127 cm³/mol. The van der Waals surface area contributed by atoms with Crippen molar-refractivity contribution >= 4 is 5.69 Å². The Labute approximate surface area is 200 Å². The molecule has 0 radical (unpaired) electrons. The lowest BCUT2D eigenvalue weighted by molar-refractivity contribution is -0.384. The Balaban J connectivity index is 1.51. The van der Waals surface area contributed by atoms with Gasteiger partial charge in [-0.2, -0.15) is 5.26 Å². The summed E-state index contributed by atoms with van der Waals surface area (Å²) in [5.41, 5.74) is 9.65. The molecule has 5 rings (SSSR count). The van der Waals surface area contributed by atoms with Crippen LogP contribution in [0, 0.1) is 21.4 Å². The van der Waals surface area contributed by atoms with Gasteiger partial charge in [0.25, 0.3) is 5.69 Å². The first kappa shape index (κ1) is 21.7. The Hall–Kier alpha value is -5.10. The number of rotatable bonds is 6. The maximum Gasteiger partial charge on any atom is 0.269 e. The second-order valence-electron chi connectivity index (χ2n) is 7.89. The molecule has 0 spiro atoms. The molecular formula is C26H19N5O4. The quantitative estimate of drug-likeness (QED) is 0.308. The third kappa shape index (κ3) is 4.16. The molecule has 0 saturated carbocycles. The Bertz CT molecular complexity index is 1470. The van der Waals surface area contributed by atoms with Gasteiger partial charge in [0, 0.05) is 17.7 Å². The van der Waals surface area contributed by atoms with Gasteiger partial charge >= 0.3 is 0 Å². The van der Waals surface area contributed by atoms with Crippen LogP contribution in [0.5, 0.6) is 11.6 Å². The van der Waals surface area contributed by atoms with Crippen molar-refractivity contribution in [1.29, 1.82) is 5.26 Å². The van der Waals surface area contributed by atoms with Crippen LogP contribution in [0.3, 0.4) is 0 Å². The van der Waals surface area contributed by atoms with Gasteiger partial charge in [0.2, 0.25) is 11.8 Å². The number of non-ortho nitro benzene ring substituents is 1.